The maximum absolute atomic E-state index is 11.8. The van der Waals surface area contributed by atoms with Crippen molar-refractivity contribution in [1.29, 1.82) is 0 Å². The van der Waals surface area contributed by atoms with Crippen LogP contribution < -0.4 is 5.32 Å². The normalized spacial score (nSPS) is 30.0. The maximum atomic E-state index is 11.8. The molecule has 10 atom stereocenters. The minimum absolute atomic E-state index is 0.0206. The van der Waals surface area contributed by atoms with Crippen LogP contribution in [0.2, 0.25) is 0 Å². The van der Waals surface area contributed by atoms with Crippen LogP contribution in [0.4, 0.5) is 0 Å². The molecule has 14 heteroatoms. The van der Waals surface area contributed by atoms with Gasteiger partial charge >= 0.3 is 0 Å². The number of carbonyl (C=O) groups excluding carboxylic acids is 1. The van der Waals surface area contributed by atoms with Crippen molar-refractivity contribution in [3.8, 4) is 0 Å². The second-order valence-corrected chi connectivity index (χ2v) is 13.2. The summed E-state index contributed by atoms with van der Waals surface area (Å²) in [6.45, 7) is 0.988. The van der Waals surface area contributed by atoms with E-state index in [2.05, 4.69) is 5.32 Å². The van der Waals surface area contributed by atoms with Crippen LogP contribution in [0.3, 0.4) is 0 Å². The van der Waals surface area contributed by atoms with Crippen LogP contribution in [-0.2, 0) is 28.5 Å². The van der Waals surface area contributed by atoms with Crippen molar-refractivity contribution in [3.05, 3.63) is 0 Å². The molecule has 1 amide bonds. The topological polar surface area (TPSA) is 217 Å². The summed E-state index contributed by atoms with van der Waals surface area (Å²) in [5.41, 5.74) is 0. The van der Waals surface area contributed by atoms with Gasteiger partial charge in [0.05, 0.1) is 26.4 Å². The number of aliphatic hydroxyl groups excluding tert-OH is 7. The average Bonchev–Trinajstić information content (AvgIpc) is 3.07. The molecular formula is C34H65NO13. The van der Waals surface area contributed by atoms with E-state index in [1.54, 1.807) is 0 Å². The third-order valence-electron chi connectivity index (χ3n) is 8.98. The second-order valence-electron chi connectivity index (χ2n) is 13.2. The first-order chi connectivity index (χ1) is 23.2. The molecule has 2 heterocycles. The van der Waals surface area contributed by atoms with Crippen molar-refractivity contribution in [1.82, 2.24) is 5.32 Å². The molecular weight excluding hydrogens is 630 g/mol. The summed E-state index contributed by atoms with van der Waals surface area (Å²) in [4.78, 5) is 11.8. The lowest BCUT2D eigenvalue weighted by Crippen LogP contribution is -2.65. The van der Waals surface area contributed by atoms with E-state index in [-0.39, 0.29) is 19.8 Å². The van der Waals surface area contributed by atoms with E-state index in [0.29, 0.717) is 13.2 Å². The molecule has 2 saturated heterocycles. The zero-order chi connectivity index (χ0) is 35.1. The van der Waals surface area contributed by atoms with Crippen molar-refractivity contribution in [2.45, 2.75) is 171 Å². The lowest BCUT2D eigenvalue weighted by molar-refractivity contribution is -0.304. The van der Waals surface area contributed by atoms with Gasteiger partial charge in [0, 0.05) is 20.1 Å². The van der Waals surface area contributed by atoms with Gasteiger partial charge in [0.2, 0.25) is 5.91 Å². The molecule has 0 bridgehead atoms. The van der Waals surface area contributed by atoms with E-state index < -0.39 is 73.9 Å². The first-order valence-electron chi connectivity index (χ1n) is 18.2. The van der Waals surface area contributed by atoms with Crippen molar-refractivity contribution in [3.63, 3.8) is 0 Å². The quantitative estimate of drug-likeness (QED) is 0.0564. The summed E-state index contributed by atoms with van der Waals surface area (Å²) in [5.74, 6) is -0.492. The molecule has 2 aliphatic rings. The van der Waals surface area contributed by atoms with Gasteiger partial charge in [0.25, 0.3) is 0 Å². The predicted molar refractivity (Wildman–Crippen MR) is 176 cm³/mol. The Labute approximate surface area is 286 Å². The highest BCUT2D eigenvalue weighted by atomic mass is 16.7. The summed E-state index contributed by atoms with van der Waals surface area (Å²) in [6, 6.07) is -1.16. The average molecular weight is 696 g/mol. The molecule has 8 N–H and O–H groups in total. The molecule has 2 rings (SSSR count). The van der Waals surface area contributed by atoms with Gasteiger partial charge in [-0.25, -0.2) is 0 Å². The van der Waals surface area contributed by atoms with E-state index in [1.165, 1.54) is 77.6 Å². The second kappa shape index (κ2) is 25.9. The van der Waals surface area contributed by atoms with Gasteiger partial charge in [-0.05, 0) is 12.8 Å². The van der Waals surface area contributed by atoms with Crippen molar-refractivity contribution >= 4 is 5.91 Å². The highest BCUT2D eigenvalue weighted by molar-refractivity contribution is 5.73. The lowest BCUT2D eigenvalue weighted by atomic mass is 9.97. The number of unbranched alkanes of at least 4 members (excludes halogenated alkanes) is 15. The number of nitrogens with one attached hydrogen (secondary N) is 1. The number of hydrogen-bond donors (Lipinski definition) is 8. The summed E-state index contributed by atoms with van der Waals surface area (Å²) < 4.78 is 28.6. The highest BCUT2D eigenvalue weighted by Gasteiger charge is 2.46. The minimum Gasteiger partial charge on any atom is -0.396 e. The minimum atomic E-state index is -1.51. The summed E-state index contributed by atoms with van der Waals surface area (Å²) in [6.07, 6.45) is 7.35. The van der Waals surface area contributed by atoms with Crippen molar-refractivity contribution < 1.29 is 64.2 Å². The van der Waals surface area contributed by atoms with E-state index in [0.717, 1.165) is 32.1 Å². The van der Waals surface area contributed by atoms with Gasteiger partial charge in [0.15, 0.2) is 12.6 Å². The Morgan fingerprint density at radius 1 is 0.708 bits per heavy atom. The van der Waals surface area contributed by atoms with Crippen LogP contribution in [-0.4, -0.2) is 143 Å². The third-order valence-corrected chi connectivity index (χ3v) is 8.98. The largest absolute Gasteiger partial charge is 0.396 e. The van der Waals surface area contributed by atoms with Crippen molar-refractivity contribution in [2.24, 2.45) is 0 Å². The van der Waals surface area contributed by atoms with Gasteiger partial charge in [0.1, 0.15) is 48.8 Å². The van der Waals surface area contributed by atoms with Gasteiger partial charge in [-0.1, -0.05) is 89.9 Å². The van der Waals surface area contributed by atoms with Crippen LogP contribution in [0.15, 0.2) is 0 Å². The summed E-state index contributed by atoms with van der Waals surface area (Å²) >= 11 is 0. The predicted octanol–water partition coefficient (Wildman–Crippen LogP) is 1.02. The van der Waals surface area contributed by atoms with Crippen LogP contribution >= 0.6 is 0 Å². The number of amides is 1. The zero-order valence-corrected chi connectivity index (χ0v) is 28.9. The molecule has 10 unspecified atom stereocenters. The molecule has 0 spiro atoms. The molecule has 2 fully saturated rings. The molecule has 284 valence electrons. The standard InChI is InChI=1S/C34H65NO13/c1-24(38)35-28-31(42)30(41)27(20-37)48-33(28)47-25(22-45-34-32(43)29(40)26(39)23-46-34)21-44-19-17-15-13-11-9-7-5-3-2-4-6-8-10-12-14-16-18-36/h25-34,36-37,39-43H,2-23H2,1H3,(H,35,38). The molecule has 2 aliphatic heterocycles. The SMILES string of the molecule is CC(=O)NC1C(OC(COCCCCCCCCCCCCCCCCCCO)COC2OCC(O)C(O)C2O)OC(CO)C(O)C1O. The Kier molecular flexibility index (Phi) is 23.3. The number of aliphatic hydroxyl groups is 7. The molecule has 0 aromatic heterocycles. The molecule has 48 heavy (non-hydrogen) atoms. The molecule has 0 aliphatic carbocycles. The fourth-order valence-electron chi connectivity index (χ4n) is 6.04. The molecule has 0 aromatic carbocycles. The lowest BCUT2D eigenvalue weighted by Gasteiger charge is -2.43. The molecule has 0 saturated carbocycles. The highest BCUT2D eigenvalue weighted by Crippen LogP contribution is 2.24. The molecule has 0 aromatic rings. The fraction of sp³-hybridized carbons (Fsp3) is 0.971. The van der Waals surface area contributed by atoms with E-state index in [4.69, 9.17) is 28.8 Å². The smallest absolute Gasteiger partial charge is 0.217 e. The van der Waals surface area contributed by atoms with Crippen LogP contribution in [0.5, 0.6) is 0 Å². The Morgan fingerprint density at radius 2 is 1.25 bits per heavy atom. The van der Waals surface area contributed by atoms with Gasteiger partial charge in [-0.15, -0.1) is 0 Å². The summed E-state index contributed by atoms with van der Waals surface area (Å²) in [5, 5.41) is 71.9. The Hall–Kier alpha value is -1.01. The van der Waals surface area contributed by atoms with Crippen LogP contribution in [0.1, 0.15) is 110 Å². The van der Waals surface area contributed by atoms with E-state index in [9.17, 15) is 35.4 Å². The number of ether oxygens (including phenoxy) is 5. The zero-order valence-electron chi connectivity index (χ0n) is 28.9. The van der Waals surface area contributed by atoms with Crippen LogP contribution in [0.25, 0.3) is 0 Å². The third kappa shape index (κ3) is 16.8. The maximum Gasteiger partial charge on any atom is 0.217 e. The van der Waals surface area contributed by atoms with Crippen LogP contribution in [0, 0.1) is 0 Å². The van der Waals surface area contributed by atoms with Crippen molar-refractivity contribution in [2.75, 3.05) is 39.6 Å². The summed E-state index contributed by atoms with van der Waals surface area (Å²) in [7, 11) is 0. The van der Waals surface area contributed by atoms with Gasteiger partial charge < -0.3 is 64.7 Å². The van der Waals surface area contributed by atoms with Gasteiger partial charge in [-0.3, -0.25) is 4.79 Å². The molecule has 0 radical (unpaired) electrons. The monoisotopic (exact) mass is 695 g/mol. The number of hydrogen-bond acceptors (Lipinski definition) is 13. The Balaban J connectivity index is 1.70. The first kappa shape index (κ1) is 43.2. The fourth-order valence-corrected chi connectivity index (χ4v) is 6.04. The molecule has 14 nitrogen and oxygen atoms in total. The van der Waals surface area contributed by atoms with Gasteiger partial charge in [-0.2, -0.15) is 0 Å². The Morgan fingerprint density at radius 3 is 1.77 bits per heavy atom. The first-order valence-corrected chi connectivity index (χ1v) is 18.2. The van der Waals surface area contributed by atoms with E-state index in [1.807, 2.05) is 0 Å². The number of carbonyl (C=O) groups is 1. The Bertz CT molecular complexity index is 811. The number of rotatable bonds is 27. The van der Waals surface area contributed by atoms with E-state index >= 15 is 0 Å².